The van der Waals surface area contributed by atoms with Gasteiger partial charge in [0.2, 0.25) is 5.78 Å². The number of imidazole rings is 1. The minimum atomic E-state index is 0.139. The number of aromatic amines is 1. The molecule has 0 saturated carbocycles. The molecule has 3 heteroatoms. The van der Waals surface area contributed by atoms with Gasteiger partial charge in [-0.1, -0.05) is 37.3 Å². The van der Waals surface area contributed by atoms with Crippen molar-refractivity contribution in [1.29, 1.82) is 0 Å². The van der Waals surface area contributed by atoms with E-state index in [4.69, 9.17) is 0 Å². The Bertz CT molecular complexity index is 474. The predicted octanol–water partition coefficient (Wildman–Crippen LogP) is 1.75. The molecule has 0 aliphatic carbocycles. The van der Waals surface area contributed by atoms with E-state index in [2.05, 4.69) is 11.9 Å². The molecule has 0 unspecified atom stereocenters. The van der Waals surface area contributed by atoms with Gasteiger partial charge in [0, 0.05) is 12.0 Å². The number of benzene rings is 1. The molecule has 1 heterocycles. The number of aromatic nitrogens is 2. The van der Waals surface area contributed by atoms with Crippen LogP contribution in [0.25, 0.3) is 0 Å². The fourth-order valence-electron chi connectivity index (χ4n) is 1.72. The Morgan fingerprint density at radius 2 is 2.06 bits per heavy atom. The Kier molecular flexibility index (Phi) is 3.15. The van der Waals surface area contributed by atoms with Crippen molar-refractivity contribution in [1.82, 2.24) is 4.98 Å². The molecule has 1 aromatic heterocycles. The molecule has 0 fully saturated rings. The largest absolute Gasteiger partial charge is 0.290 e. The lowest BCUT2D eigenvalue weighted by Gasteiger charge is -1.99. The van der Waals surface area contributed by atoms with E-state index >= 15 is 0 Å². The maximum atomic E-state index is 11.9. The Morgan fingerprint density at radius 3 is 2.75 bits per heavy atom. The second-order valence-corrected chi connectivity index (χ2v) is 3.68. The summed E-state index contributed by atoms with van der Waals surface area (Å²) in [4.78, 5) is 15.1. The monoisotopic (exact) mass is 215 g/mol. The number of nitrogens with one attached hydrogen (secondary N) is 1. The van der Waals surface area contributed by atoms with Crippen LogP contribution in [-0.2, 0) is 13.0 Å². The van der Waals surface area contributed by atoms with E-state index in [-0.39, 0.29) is 5.78 Å². The van der Waals surface area contributed by atoms with E-state index in [9.17, 15) is 4.79 Å². The molecule has 0 spiro atoms. The molecule has 2 rings (SSSR count). The molecule has 0 aliphatic heterocycles. The number of hydrogen-bond donors (Lipinski definition) is 1. The smallest absolute Gasteiger partial charge is 0.254 e. The molecule has 1 N–H and O–H groups in total. The summed E-state index contributed by atoms with van der Waals surface area (Å²) in [7, 11) is 0. The number of carbonyl (C=O) groups is 1. The summed E-state index contributed by atoms with van der Waals surface area (Å²) in [5.74, 6) is 1.21. The zero-order valence-electron chi connectivity index (χ0n) is 9.31. The topological polar surface area (TPSA) is 36.7 Å². The van der Waals surface area contributed by atoms with Gasteiger partial charge < -0.3 is 0 Å². The number of rotatable bonds is 4. The zero-order valence-corrected chi connectivity index (χ0v) is 9.31. The van der Waals surface area contributed by atoms with Crippen molar-refractivity contribution in [3.05, 3.63) is 54.1 Å². The summed E-state index contributed by atoms with van der Waals surface area (Å²) in [6.07, 6.45) is 4.66. The molecular formula is C13H15N2O+. The van der Waals surface area contributed by atoms with Gasteiger partial charge in [0.1, 0.15) is 12.4 Å². The van der Waals surface area contributed by atoms with Crippen molar-refractivity contribution >= 4 is 5.78 Å². The van der Waals surface area contributed by atoms with Crippen LogP contribution in [0.3, 0.4) is 0 Å². The third-order valence-corrected chi connectivity index (χ3v) is 2.60. The van der Waals surface area contributed by atoms with Gasteiger partial charge in [-0.05, 0) is 0 Å². The highest BCUT2D eigenvalue weighted by Gasteiger charge is 2.13. The number of H-pyrrole nitrogens is 1. The van der Waals surface area contributed by atoms with Gasteiger partial charge in [-0.3, -0.25) is 4.79 Å². The Morgan fingerprint density at radius 1 is 1.31 bits per heavy atom. The number of nitrogens with zero attached hydrogens (tertiary/aromatic N) is 1. The summed E-state index contributed by atoms with van der Waals surface area (Å²) < 4.78 is 1.95. The SMILES string of the molecule is CCc1[nH]cc[n+]1CC(=O)c1ccccc1. The highest BCUT2D eigenvalue weighted by atomic mass is 16.1. The molecule has 0 aliphatic rings. The van der Waals surface area contributed by atoms with E-state index < -0.39 is 0 Å². The lowest BCUT2D eigenvalue weighted by Crippen LogP contribution is -2.39. The second kappa shape index (κ2) is 4.75. The minimum Gasteiger partial charge on any atom is -0.290 e. The van der Waals surface area contributed by atoms with Gasteiger partial charge in [0.05, 0.1) is 0 Å². The van der Waals surface area contributed by atoms with Crippen molar-refractivity contribution in [2.75, 3.05) is 0 Å². The lowest BCUT2D eigenvalue weighted by molar-refractivity contribution is -0.689. The fourth-order valence-corrected chi connectivity index (χ4v) is 1.72. The number of Topliss-reactive ketones (excluding diaryl/α,β-unsaturated/α-hetero) is 1. The number of carbonyl (C=O) groups excluding carboxylic acids is 1. The third-order valence-electron chi connectivity index (χ3n) is 2.60. The normalized spacial score (nSPS) is 10.3. The van der Waals surface area contributed by atoms with Crippen molar-refractivity contribution in [3.8, 4) is 0 Å². The molecular weight excluding hydrogens is 200 g/mol. The van der Waals surface area contributed by atoms with Gasteiger partial charge >= 0.3 is 0 Å². The highest BCUT2D eigenvalue weighted by molar-refractivity contribution is 5.94. The molecule has 2 aromatic rings. The Balaban J connectivity index is 2.14. The van der Waals surface area contributed by atoms with Crippen LogP contribution in [0.2, 0.25) is 0 Å². The van der Waals surface area contributed by atoms with E-state index in [1.807, 2.05) is 47.3 Å². The lowest BCUT2D eigenvalue weighted by atomic mass is 10.1. The summed E-state index contributed by atoms with van der Waals surface area (Å²) in [6, 6.07) is 9.38. The maximum Gasteiger partial charge on any atom is 0.254 e. The molecule has 0 saturated heterocycles. The molecule has 0 amide bonds. The van der Waals surface area contributed by atoms with E-state index in [1.54, 1.807) is 0 Å². The predicted molar refractivity (Wildman–Crippen MR) is 61.1 cm³/mol. The van der Waals surface area contributed by atoms with Crippen molar-refractivity contribution < 1.29 is 9.36 Å². The molecule has 82 valence electrons. The zero-order chi connectivity index (χ0) is 11.4. The molecule has 16 heavy (non-hydrogen) atoms. The van der Waals surface area contributed by atoms with E-state index in [0.717, 1.165) is 17.8 Å². The number of ketones is 1. The van der Waals surface area contributed by atoms with Crippen molar-refractivity contribution in [2.24, 2.45) is 0 Å². The van der Waals surface area contributed by atoms with Gasteiger partial charge in [-0.25, -0.2) is 9.55 Å². The standard InChI is InChI=1S/C13H14N2O/c1-2-13-14-8-9-15(13)10-12(16)11-6-4-3-5-7-11/h3-9H,2,10H2,1H3/p+1. The Hall–Kier alpha value is -1.90. The van der Waals surface area contributed by atoms with Crippen LogP contribution in [-0.4, -0.2) is 10.8 Å². The first-order chi connectivity index (χ1) is 7.81. The van der Waals surface area contributed by atoms with E-state index in [0.29, 0.717) is 6.54 Å². The van der Waals surface area contributed by atoms with Crippen LogP contribution in [0.4, 0.5) is 0 Å². The van der Waals surface area contributed by atoms with Crippen LogP contribution in [0, 0.1) is 0 Å². The molecule has 0 bridgehead atoms. The maximum absolute atomic E-state index is 11.9. The average molecular weight is 215 g/mol. The van der Waals surface area contributed by atoms with Gasteiger partial charge in [0.15, 0.2) is 6.54 Å². The summed E-state index contributed by atoms with van der Waals surface area (Å²) in [5.41, 5.74) is 0.762. The van der Waals surface area contributed by atoms with Crippen LogP contribution in [0.15, 0.2) is 42.7 Å². The van der Waals surface area contributed by atoms with Crippen molar-refractivity contribution in [3.63, 3.8) is 0 Å². The van der Waals surface area contributed by atoms with Crippen LogP contribution in [0.5, 0.6) is 0 Å². The molecule has 3 nitrogen and oxygen atoms in total. The average Bonchev–Trinajstić information content (AvgIpc) is 2.77. The molecule has 0 radical (unpaired) electrons. The van der Waals surface area contributed by atoms with E-state index in [1.165, 1.54) is 0 Å². The fraction of sp³-hybridized carbons (Fsp3) is 0.231. The third kappa shape index (κ3) is 2.19. The first-order valence-corrected chi connectivity index (χ1v) is 5.45. The minimum absolute atomic E-state index is 0.139. The number of aryl methyl sites for hydroxylation is 1. The molecule has 1 aromatic carbocycles. The molecule has 0 atom stereocenters. The summed E-state index contributed by atoms with van der Waals surface area (Å²) in [6.45, 7) is 2.46. The number of hydrogen-bond acceptors (Lipinski definition) is 1. The van der Waals surface area contributed by atoms with Gasteiger partial charge in [0.25, 0.3) is 5.82 Å². The quantitative estimate of drug-likeness (QED) is 0.612. The van der Waals surface area contributed by atoms with Gasteiger partial charge in [-0.15, -0.1) is 0 Å². The van der Waals surface area contributed by atoms with Crippen molar-refractivity contribution in [2.45, 2.75) is 19.9 Å². The summed E-state index contributed by atoms with van der Waals surface area (Å²) in [5, 5.41) is 0. The van der Waals surface area contributed by atoms with Crippen LogP contribution in [0.1, 0.15) is 23.1 Å². The first-order valence-electron chi connectivity index (χ1n) is 5.45. The second-order valence-electron chi connectivity index (χ2n) is 3.68. The van der Waals surface area contributed by atoms with Gasteiger partial charge in [-0.2, -0.15) is 0 Å². The van der Waals surface area contributed by atoms with Crippen LogP contribution < -0.4 is 4.57 Å². The van der Waals surface area contributed by atoms with Crippen LogP contribution >= 0.6 is 0 Å². The Labute approximate surface area is 94.7 Å². The first kappa shape index (κ1) is 10.6. The highest BCUT2D eigenvalue weighted by Crippen LogP contribution is 2.00. The summed E-state index contributed by atoms with van der Waals surface area (Å²) >= 11 is 0.